The lowest BCUT2D eigenvalue weighted by molar-refractivity contribution is 0.0793. The normalized spacial score (nSPS) is 13.8. The molecule has 0 aliphatic carbocycles. The number of nitrogens with zero attached hydrogens (tertiary/aromatic N) is 5. The van der Waals surface area contributed by atoms with Crippen LogP contribution in [-0.2, 0) is 7.05 Å². The van der Waals surface area contributed by atoms with Crippen LogP contribution in [-0.4, -0.2) is 43.6 Å². The monoisotopic (exact) mass is 362 g/mol. The highest BCUT2D eigenvalue weighted by Crippen LogP contribution is 2.24. The summed E-state index contributed by atoms with van der Waals surface area (Å²) >= 11 is 0. The van der Waals surface area contributed by atoms with Gasteiger partial charge in [-0.25, -0.2) is 9.97 Å². The summed E-state index contributed by atoms with van der Waals surface area (Å²) < 4.78 is 1.72. The number of carbonyl (C=O) groups is 1. The third-order valence-electron chi connectivity index (χ3n) is 4.73. The molecule has 0 unspecified atom stereocenters. The Morgan fingerprint density at radius 3 is 2.52 bits per heavy atom. The number of anilines is 2. The molecule has 3 heterocycles. The van der Waals surface area contributed by atoms with E-state index in [9.17, 15) is 4.79 Å². The number of likely N-dealkylation sites (tertiary alicyclic amines) is 1. The van der Waals surface area contributed by atoms with Gasteiger partial charge >= 0.3 is 0 Å². The maximum Gasteiger partial charge on any atom is 0.253 e. The van der Waals surface area contributed by atoms with E-state index in [0.717, 1.165) is 54.0 Å². The standard InChI is InChI=1S/C20H22N6O/c1-14-11-21-20(23-17-12-22-25(2)13-17)24-18(14)15-5-7-16(8-6-15)19(27)26-9-3-4-10-26/h5-8,11-13H,3-4,9-10H2,1-2H3,(H,21,23,24). The molecule has 0 bridgehead atoms. The summed E-state index contributed by atoms with van der Waals surface area (Å²) in [7, 11) is 1.86. The summed E-state index contributed by atoms with van der Waals surface area (Å²) in [6.45, 7) is 3.69. The van der Waals surface area contributed by atoms with Gasteiger partial charge in [-0.2, -0.15) is 5.10 Å². The fourth-order valence-corrected chi connectivity index (χ4v) is 3.28. The average Bonchev–Trinajstić information content (AvgIpc) is 3.35. The zero-order chi connectivity index (χ0) is 18.8. The molecule has 1 saturated heterocycles. The van der Waals surface area contributed by atoms with Crippen LogP contribution in [0.1, 0.15) is 28.8 Å². The first-order chi connectivity index (χ1) is 13.1. The summed E-state index contributed by atoms with van der Waals surface area (Å²) in [5.74, 6) is 0.623. The van der Waals surface area contributed by atoms with Gasteiger partial charge in [-0.3, -0.25) is 9.48 Å². The third kappa shape index (κ3) is 3.67. The second kappa shape index (κ2) is 7.19. The fraction of sp³-hybridized carbons (Fsp3) is 0.300. The van der Waals surface area contributed by atoms with Gasteiger partial charge in [0.25, 0.3) is 5.91 Å². The van der Waals surface area contributed by atoms with E-state index in [-0.39, 0.29) is 5.91 Å². The van der Waals surface area contributed by atoms with E-state index < -0.39 is 0 Å². The zero-order valence-corrected chi connectivity index (χ0v) is 15.5. The number of hydrogen-bond acceptors (Lipinski definition) is 5. The van der Waals surface area contributed by atoms with Crippen molar-refractivity contribution in [1.29, 1.82) is 0 Å². The van der Waals surface area contributed by atoms with Gasteiger partial charge < -0.3 is 10.2 Å². The second-order valence-corrected chi connectivity index (χ2v) is 6.83. The van der Waals surface area contributed by atoms with Gasteiger partial charge in [0.2, 0.25) is 5.95 Å². The predicted molar refractivity (Wildman–Crippen MR) is 104 cm³/mol. The number of aryl methyl sites for hydroxylation is 2. The van der Waals surface area contributed by atoms with E-state index in [4.69, 9.17) is 0 Å². The van der Waals surface area contributed by atoms with Crippen molar-refractivity contribution >= 4 is 17.5 Å². The molecule has 0 atom stereocenters. The Bertz CT molecular complexity index is 957. The molecular weight excluding hydrogens is 340 g/mol. The number of carbonyl (C=O) groups excluding carboxylic acids is 1. The number of rotatable bonds is 4. The van der Waals surface area contributed by atoms with Crippen LogP contribution in [0.25, 0.3) is 11.3 Å². The topological polar surface area (TPSA) is 75.9 Å². The minimum atomic E-state index is 0.109. The number of nitrogens with one attached hydrogen (secondary N) is 1. The molecule has 4 rings (SSSR count). The number of aromatic nitrogens is 4. The molecule has 0 saturated carbocycles. The molecule has 0 radical (unpaired) electrons. The molecule has 138 valence electrons. The van der Waals surface area contributed by atoms with Crippen molar-refractivity contribution in [2.75, 3.05) is 18.4 Å². The molecule has 7 nitrogen and oxygen atoms in total. The first-order valence-electron chi connectivity index (χ1n) is 9.09. The Morgan fingerprint density at radius 2 is 1.85 bits per heavy atom. The molecule has 2 aromatic heterocycles. The van der Waals surface area contributed by atoms with Crippen molar-refractivity contribution in [3.05, 3.63) is 54.0 Å². The lowest BCUT2D eigenvalue weighted by atomic mass is 10.1. The summed E-state index contributed by atoms with van der Waals surface area (Å²) in [5, 5.41) is 7.29. The van der Waals surface area contributed by atoms with Crippen LogP contribution in [0.5, 0.6) is 0 Å². The lowest BCUT2D eigenvalue weighted by Gasteiger charge is -2.15. The maximum absolute atomic E-state index is 12.5. The van der Waals surface area contributed by atoms with E-state index >= 15 is 0 Å². The largest absolute Gasteiger partial charge is 0.339 e. The summed E-state index contributed by atoms with van der Waals surface area (Å²) in [6, 6.07) is 7.66. The Balaban J connectivity index is 1.57. The average molecular weight is 362 g/mol. The molecule has 0 spiro atoms. The van der Waals surface area contributed by atoms with E-state index in [0.29, 0.717) is 5.95 Å². The van der Waals surface area contributed by atoms with Gasteiger partial charge in [0, 0.05) is 43.7 Å². The molecule has 27 heavy (non-hydrogen) atoms. The fourth-order valence-electron chi connectivity index (χ4n) is 3.28. The number of hydrogen-bond donors (Lipinski definition) is 1. The molecule has 1 aliphatic rings. The van der Waals surface area contributed by atoms with Crippen molar-refractivity contribution in [3.8, 4) is 11.3 Å². The SMILES string of the molecule is Cc1cnc(Nc2cnn(C)c2)nc1-c1ccc(C(=O)N2CCCC2)cc1. The molecule has 7 heteroatoms. The van der Waals surface area contributed by atoms with Crippen molar-refractivity contribution in [3.63, 3.8) is 0 Å². The molecule has 1 aromatic carbocycles. The third-order valence-corrected chi connectivity index (χ3v) is 4.73. The predicted octanol–water partition coefficient (Wildman–Crippen LogP) is 3.17. The van der Waals surface area contributed by atoms with Crippen LogP contribution in [0.2, 0.25) is 0 Å². The van der Waals surface area contributed by atoms with Gasteiger partial charge in [0.1, 0.15) is 0 Å². The van der Waals surface area contributed by atoms with E-state index in [1.807, 2.05) is 49.3 Å². The van der Waals surface area contributed by atoms with Crippen molar-refractivity contribution < 1.29 is 4.79 Å². The Hall–Kier alpha value is -3.22. The van der Waals surface area contributed by atoms with Crippen LogP contribution in [0.4, 0.5) is 11.6 Å². The first-order valence-corrected chi connectivity index (χ1v) is 9.09. The molecule has 1 fully saturated rings. The quantitative estimate of drug-likeness (QED) is 0.771. The number of benzene rings is 1. The number of amides is 1. The minimum absolute atomic E-state index is 0.109. The molecule has 1 N–H and O–H groups in total. The highest BCUT2D eigenvalue weighted by Gasteiger charge is 2.19. The maximum atomic E-state index is 12.5. The highest BCUT2D eigenvalue weighted by molar-refractivity contribution is 5.94. The smallest absolute Gasteiger partial charge is 0.253 e. The summed E-state index contributed by atoms with van der Waals surface area (Å²) in [4.78, 5) is 23.4. The van der Waals surface area contributed by atoms with Crippen LogP contribution in [0.15, 0.2) is 42.9 Å². The van der Waals surface area contributed by atoms with E-state index in [2.05, 4.69) is 20.4 Å². The van der Waals surface area contributed by atoms with Gasteiger partial charge in [0.05, 0.1) is 17.6 Å². The minimum Gasteiger partial charge on any atom is -0.339 e. The molecule has 1 amide bonds. The van der Waals surface area contributed by atoms with Gasteiger partial charge in [0.15, 0.2) is 0 Å². The van der Waals surface area contributed by atoms with E-state index in [1.165, 1.54) is 0 Å². The lowest BCUT2D eigenvalue weighted by Crippen LogP contribution is -2.27. The van der Waals surface area contributed by atoms with Crippen LogP contribution < -0.4 is 5.32 Å². The Kier molecular flexibility index (Phi) is 4.58. The Morgan fingerprint density at radius 1 is 1.11 bits per heavy atom. The van der Waals surface area contributed by atoms with Gasteiger partial charge in [-0.05, 0) is 37.5 Å². The van der Waals surface area contributed by atoms with Crippen LogP contribution in [0, 0.1) is 6.92 Å². The van der Waals surface area contributed by atoms with Crippen molar-refractivity contribution in [2.24, 2.45) is 7.05 Å². The van der Waals surface area contributed by atoms with Gasteiger partial charge in [-0.15, -0.1) is 0 Å². The van der Waals surface area contributed by atoms with Crippen LogP contribution >= 0.6 is 0 Å². The van der Waals surface area contributed by atoms with Crippen LogP contribution in [0.3, 0.4) is 0 Å². The molecule has 3 aromatic rings. The van der Waals surface area contributed by atoms with Crippen molar-refractivity contribution in [1.82, 2.24) is 24.6 Å². The van der Waals surface area contributed by atoms with E-state index in [1.54, 1.807) is 17.1 Å². The molecular formula is C20H22N6O. The molecule has 1 aliphatic heterocycles. The second-order valence-electron chi connectivity index (χ2n) is 6.83. The van der Waals surface area contributed by atoms with Crippen molar-refractivity contribution in [2.45, 2.75) is 19.8 Å². The summed E-state index contributed by atoms with van der Waals surface area (Å²) in [5.41, 5.74) is 4.34. The zero-order valence-electron chi connectivity index (χ0n) is 15.5. The highest BCUT2D eigenvalue weighted by atomic mass is 16.2. The summed E-state index contributed by atoms with van der Waals surface area (Å²) in [6.07, 6.45) is 7.57. The van der Waals surface area contributed by atoms with Gasteiger partial charge in [-0.1, -0.05) is 12.1 Å². The Labute approximate surface area is 158 Å². The first kappa shape index (κ1) is 17.2.